The summed E-state index contributed by atoms with van der Waals surface area (Å²) in [6.45, 7) is 4.14. The number of aromatic nitrogens is 3. The number of aromatic carboxylic acids is 1. The minimum absolute atomic E-state index is 0.0159. The number of hydrogen-bond donors (Lipinski definition) is 2. The molecule has 3 atom stereocenters. The zero-order chi connectivity index (χ0) is 29.5. The van der Waals surface area contributed by atoms with Gasteiger partial charge in [-0.05, 0) is 61.7 Å². The molecule has 0 amide bonds. The molecule has 0 saturated carbocycles. The summed E-state index contributed by atoms with van der Waals surface area (Å²) in [5.74, 6) is -0.541. The number of benzene rings is 2. The lowest BCUT2D eigenvalue weighted by molar-refractivity contribution is -0.0593. The van der Waals surface area contributed by atoms with Crippen molar-refractivity contribution in [2.75, 3.05) is 29.9 Å². The number of fused-ring (bicyclic) bond motifs is 3. The maximum Gasteiger partial charge on any atom is 0.354 e. The Bertz CT molecular complexity index is 1720. The van der Waals surface area contributed by atoms with Crippen LogP contribution in [-0.2, 0) is 24.4 Å². The van der Waals surface area contributed by atoms with E-state index in [1.54, 1.807) is 18.2 Å². The van der Waals surface area contributed by atoms with Crippen LogP contribution in [0.25, 0.3) is 11.2 Å². The third-order valence-electron chi connectivity index (χ3n) is 8.90. The molecule has 2 unspecified atom stereocenters. The van der Waals surface area contributed by atoms with Crippen molar-refractivity contribution >= 4 is 28.5 Å². The first-order valence-electron chi connectivity index (χ1n) is 14.7. The van der Waals surface area contributed by atoms with E-state index in [4.69, 9.17) is 15.0 Å². The van der Waals surface area contributed by atoms with Crippen LogP contribution in [0.5, 0.6) is 0 Å². The zero-order valence-electron chi connectivity index (χ0n) is 23.6. The van der Waals surface area contributed by atoms with E-state index in [0.717, 1.165) is 56.2 Å². The van der Waals surface area contributed by atoms with Crippen molar-refractivity contribution < 1.29 is 19.0 Å². The highest BCUT2D eigenvalue weighted by molar-refractivity contribution is 5.88. The topological polar surface area (TPSA) is 120 Å². The highest BCUT2D eigenvalue weighted by Gasteiger charge is 2.40. The standard InChI is InChI=1S/C32H32FN7O3/c33-27-12-20(14-34)4-5-21(27)15-35-22-2-1-3-23(13-22)38-16-24-6-7-25(17-38)39(24)19-30-36-28-8-9-29(32(41)42)37-31(28)40(30)18-26-10-11-43-26/h1-5,8-9,12-13,24-26,35H,6-7,10-11,15-19H2,(H,41,42)/t24?,25?,26-/m0/s1. The number of carboxylic acids is 1. The largest absolute Gasteiger partial charge is 0.477 e. The molecule has 3 fully saturated rings. The molecule has 2 aromatic heterocycles. The maximum absolute atomic E-state index is 14.4. The monoisotopic (exact) mass is 581 g/mol. The minimum atomic E-state index is -1.05. The van der Waals surface area contributed by atoms with Crippen LogP contribution in [0.4, 0.5) is 15.8 Å². The van der Waals surface area contributed by atoms with Crippen molar-refractivity contribution in [3.63, 3.8) is 0 Å². The van der Waals surface area contributed by atoms with Crippen LogP contribution >= 0.6 is 0 Å². The van der Waals surface area contributed by atoms with Gasteiger partial charge in [-0.3, -0.25) is 4.90 Å². The fourth-order valence-corrected chi connectivity index (χ4v) is 6.50. The molecule has 2 aromatic carbocycles. The Labute approximate surface area is 248 Å². The minimum Gasteiger partial charge on any atom is -0.477 e. The van der Waals surface area contributed by atoms with Crippen LogP contribution in [0.1, 0.15) is 46.7 Å². The molecule has 4 aromatic rings. The summed E-state index contributed by atoms with van der Waals surface area (Å²) in [5, 5.41) is 21.8. The molecule has 3 aliphatic heterocycles. The van der Waals surface area contributed by atoms with Gasteiger partial charge >= 0.3 is 5.97 Å². The number of carbonyl (C=O) groups is 1. The van der Waals surface area contributed by atoms with E-state index < -0.39 is 5.97 Å². The van der Waals surface area contributed by atoms with E-state index in [0.29, 0.717) is 54.0 Å². The van der Waals surface area contributed by atoms with E-state index in [-0.39, 0.29) is 17.6 Å². The van der Waals surface area contributed by atoms with Gasteiger partial charge in [-0.1, -0.05) is 12.1 Å². The first-order chi connectivity index (χ1) is 20.9. The number of halogens is 1. The number of carboxylic acid groups (broad SMARTS) is 1. The maximum atomic E-state index is 14.4. The lowest BCUT2D eigenvalue weighted by atomic mass is 10.1. The van der Waals surface area contributed by atoms with Crippen molar-refractivity contribution in [2.24, 2.45) is 0 Å². The summed E-state index contributed by atoms with van der Waals surface area (Å²) in [4.78, 5) is 25.9. The number of nitrogens with zero attached hydrogens (tertiary/aromatic N) is 6. The molecule has 0 spiro atoms. The summed E-state index contributed by atoms with van der Waals surface area (Å²) in [6, 6.07) is 18.7. The number of imidazole rings is 1. The van der Waals surface area contributed by atoms with Gasteiger partial charge in [0.2, 0.25) is 0 Å². The van der Waals surface area contributed by atoms with Crippen molar-refractivity contribution in [1.82, 2.24) is 19.4 Å². The van der Waals surface area contributed by atoms with Gasteiger partial charge in [0.25, 0.3) is 0 Å². The van der Waals surface area contributed by atoms with Gasteiger partial charge in [0, 0.05) is 55.3 Å². The lowest BCUT2D eigenvalue weighted by Crippen LogP contribution is -2.53. The zero-order valence-corrected chi connectivity index (χ0v) is 23.6. The average molecular weight is 582 g/mol. The Hall–Kier alpha value is -4.53. The van der Waals surface area contributed by atoms with Gasteiger partial charge in [-0.25, -0.2) is 19.2 Å². The number of piperazine rings is 1. The third kappa shape index (κ3) is 5.40. The molecule has 5 heterocycles. The van der Waals surface area contributed by atoms with E-state index in [1.165, 1.54) is 12.1 Å². The molecule has 0 radical (unpaired) electrons. The van der Waals surface area contributed by atoms with Gasteiger partial charge < -0.3 is 24.6 Å². The summed E-state index contributed by atoms with van der Waals surface area (Å²) in [7, 11) is 0. The van der Waals surface area contributed by atoms with Crippen LogP contribution in [0, 0.1) is 17.1 Å². The molecular formula is C32H32FN7O3. The molecule has 3 aliphatic rings. The van der Waals surface area contributed by atoms with Crippen molar-refractivity contribution in [1.29, 1.82) is 5.26 Å². The van der Waals surface area contributed by atoms with Gasteiger partial charge in [-0.2, -0.15) is 5.26 Å². The Morgan fingerprint density at radius 1 is 1.09 bits per heavy atom. The second-order valence-corrected chi connectivity index (χ2v) is 11.5. The molecule has 2 N–H and O–H groups in total. The molecule has 0 aliphatic carbocycles. The quantitative estimate of drug-likeness (QED) is 0.297. The van der Waals surface area contributed by atoms with Crippen LogP contribution in [0.15, 0.2) is 54.6 Å². The number of nitrogens with one attached hydrogen (secondary N) is 1. The molecule has 3 saturated heterocycles. The van der Waals surface area contributed by atoms with E-state index >= 15 is 0 Å². The summed E-state index contributed by atoms with van der Waals surface area (Å²) in [5.41, 5.74) is 4.18. The first kappa shape index (κ1) is 27.3. The number of hydrogen-bond acceptors (Lipinski definition) is 8. The van der Waals surface area contributed by atoms with Crippen LogP contribution < -0.4 is 10.2 Å². The SMILES string of the molecule is N#Cc1ccc(CNc2cccc(N3CC4CCC(C3)N4Cc3nc4ccc(C(=O)O)nc4n3C[C@@H]3CCO3)c2)c(F)c1. The Morgan fingerprint density at radius 3 is 2.60 bits per heavy atom. The van der Waals surface area contributed by atoms with E-state index in [1.807, 2.05) is 18.2 Å². The number of ether oxygens (including phenoxy) is 1. The lowest BCUT2D eigenvalue weighted by Gasteiger charge is -2.42. The predicted octanol–water partition coefficient (Wildman–Crippen LogP) is 4.39. The number of nitriles is 1. The van der Waals surface area contributed by atoms with Crippen LogP contribution in [-0.4, -0.2) is 68.4 Å². The van der Waals surface area contributed by atoms with E-state index in [9.17, 15) is 14.3 Å². The Morgan fingerprint density at radius 2 is 1.91 bits per heavy atom. The highest BCUT2D eigenvalue weighted by atomic mass is 19.1. The van der Waals surface area contributed by atoms with Gasteiger partial charge in [0.05, 0.1) is 30.8 Å². The molecule has 11 heteroatoms. The number of anilines is 2. The van der Waals surface area contributed by atoms with E-state index in [2.05, 4.69) is 36.8 Å². The van der Waals surface area contributed by atoms with Gasteiger partial charge in [0.15, 0.2) is 11.3 Å². The second kappa shape index (κ2) is 11.3. The molecule has 43 heavy (non-hydrogen) atoms. The predicted molar refractivity (Wildman–Crippen MR) is 158 cm³/mol. The van der Waals surface area contributed by atoms with Crippen molar-refractivity contribution in [2.45, 2.75) is 57.1 Å². The van der Waals surface area contributed by atoms with Gasteiger partial charge in [0.1, 0.15) is 17.2 Å². The smallest absolute Gasteiger partial charge is 0.354 e. The molecule has 2 bridgehead atoms. The third-order valence-corrected chi connectivity index (χ3v) is 8.90. The summed E-state index contributed by atoms with van der Waals surface area (Å²) >= 11 is 0. The van der Waals surface area contributed by atoms with Crippen molar-refractivity contribution in [3.8, 4) is 6.07 Å². The molecule has 7 rings (SSSR count). The fraction of sp³-hybridized carbons (Fsp3) is 0.375. The number of pyridine rings is 1. The second-order valence-electron chi connectivity index (χ2n) is 11.5. The fourth-order valence-electron chi connectivity index (χ4n) is 6.50. The molecular weight excluding hydrogens is 549 g/mol. The number of rotatable bonds is 9. The van der Waals surface area contributed by atoms with Crippen LogP contribution in [0.2, 0.25) is 0 Å². The highest BCUT2D eigenvalue weighted by Crippen LogP contribution is 2.35. The Balaban J connectivity index is 1.06. The average Bonchev–Trinajstić information content (AvgIpc) is 3.44. The van der Waals surface area contributed by atoms with Crippen LogP contribution in [0.3, 0.4) is 0 Å². The van der Waals surface area contributed by atoms with Gasteiger partial charge in [-0.15, -0.1) is 0 Å². The summed E-state index contributed by atoms with van der Waals surface area (Å²) < 4.78 is 22.1. The van der Waals surface area contributed by atoms with Crippen molar-refractivity contribution in [3.05, 3.63) is 83.1 Å². The Kier molecular flexibility index (Phi) is 7.16. The normalized spacial score (nSPS) is 21.5. The summed E-state index contributed by atoms with van der Waals surface area (Å²) in [6.07, 6.45) is 3.27. The molecule has 10 nitrogen and oxygen atoms in total. The molecule has 220 valence electrons. The first-order valence-corrected chi connectivity index (χ1v) is 14.7.